The Kier molecular flexibility index (Phi) is 2.52. The van der Waals surface area contributed by atoms with E-state index in [-0.39, 0.29) is 5.78 Å². The van der Waals surface area contributed by atoms with Crippen LogP contribution >= 0.6 is 0 Å². The van der Waals surface area contributed by atoms with Crippen molar-refractivity contribution in [3.05, 3.63) is 52.9 Å². The van der Waals surface area contributed by atoms with Gasteiger partial charge in [0.2, 0.25) is 11.5 Å². The van der Waals surface area contributed by atoms with Gasteiger partial charge in [0.05, 0.1) is 5.69 Å². The standard InChI is InChI=1S/C14H13NO2/c16-13(10-6-2-1-3-7-10)14-11-8-4-5-9-12(11)15-17-14/h1-3,6-7H,4-5,8-9H2. The van der Waals surface area contributed by atoms with Crippen LogP contribution < -0.4 is 0 Å². The first-order valence-corrected chi connectivity index (χ1v) is 5.93. The Morgan fingerprint density at radius 2 is 1.88 bits per heavy atom. The van der Waals surface area contributed by atoms with Crippen molar-refractivity contribution in [2.24, 2.45) is 0 Å². The van der Waals surface area contributed by atoms with Gasteiger partial charge in [-0.25, -0.2) is 0 Å². The second kappa shape index (κ2) is 4.17. The second-order valence-electron chi connectivity index (χ2n) is 4.34. The van der Waals surface area contributed by atoms with Gasteiger partial charge in [-0.1, -0.05) is 35.5 Å². The van der Waals surface area contributed by atoms with Crippen molar-refractivity contribution in [2.75, 3.05) is 0 Å². The molecule has 0 aliphatic heterocycles. The number of ketones is 1. The van der Waals surface area contributed by atoms with E-state index in [2.05, 4.69) is 5.16 Å². The summed E-state index contributed by atoms with van der Waals surface area (Å²) >= 11 is 0. The summed E-state index contributed by atoms with van der Waals surface area (Å²) in [7, 11) is 0. The van der Waals surface area contributed by atoms with E-state index in [1.165, 1.54) is 0 Å². The Hall–Kier alpha value is -1.90. The van der Waals surface area contributed by atoms with Gasteiger partial charge in [0.25, 0.3) is 0 Å². The van der Waals surface area contributed by atoms with E-state index in [0.29, 0.717) is 11.3 Å². The van der Waals surface area contributed by atoms with Crippen molar-refractivity contribution in [3.63, 3.8) is 0 Å². The fraction of sp³-hybridized carbons (Fsp3) is 0.286. The van der Waals surface area contributed by atoms with Gasteiger partial charge >= 0.3 is 0 Å². The fourth-order valence-electron chi connectivity index (χ4n) is 2.29. The molecule has 0 unspecified atom stereocenters. The first-order chi connectivity index (χ1) is 8.36. The molecule has 0 bridgehead atoms. The molecule has 0 atom stereocenters. The summed E-state index contributed by atoms with van der Waals surface area (Å²) in [5.74, 6) is 0.382. The highest BCUT2D eigenvalue weighted by atomic mass is 16.5. The maximum atomic E-state index is 12.2. The number of hydrogen-bond donors (Lipinski definition) is 0. The van der Waals surface area contributed by atoms with Crippen molar-refractivity contribution >= 4 is 5.78 Å². The van der Waals surface area contributed by atoms with Gasteiger partial charge in [0, 0.05) is 11.1 Å². The molecule has 86 valence electrons. The predicted octanol–water partition coefficient (Wildman–Crippen LogP) is 2.78. The largest absolute Gasteiger partial charge is 0.352 e. The van der Waals surface area contributed by atoms with Crippen molar-refractivity contribution in [1.82, 2.24) is 5.16 Å². The number of carbonyl (C=O) groups is 1. The maximum Gasteiger partial charge on any atom is 0.231 e. The zero-order valence-corrected chi connectivity index (χ0v) is 9.48. The summed E-state index contributed by atoms with van der Waals surface area (Å²) in [6.07, 6.45) is 4.09. The fourth-order valence-corrected chi connectivity index (χ4v) is 2.29. The molecule has 0 saturated heterocycles. The maximum absolute atomic E-state index is 12.2. The molecule has 17 heavy (non-hydrogen) atoms. The van der Waals surface area contributed by atoms with Crippen LogP contribution in [0.1, 0.15) is 40.2 Å². The van der Waals surface area contributed by atoms with E-state index in [1.807, 2.05) is 18.2 Å². The predicted molar refractivity (Wildman–Crippen MR) is 63.0 cm³/mol. The molecule has 1 aromatic heterocycles. The van der Waals surface area contributed by atoms with E-state index in [0.717, 1.165) is 36.9 Å². The summed E-state index contributed by atoms with van der Waals surface area (Å²) in [6.45, 7) is 0. The summed E-state index contributed by atoms with van der Waals surface area (Å²) in [5, 5.41) is 4.01. The van der Waals surface area contributed by atoms with Crippen LogP contribution in [0.2, 0.25) is 0 Å². The quantitative estimate of drug-likeness (QED) is 0.741. The number of rotatable bonds is 2. The number of carbonyl (C=O) groups excluding carboxylic acids is 1. The summed E-state index contributed by atoms with van der Waals surface area (Å²) in [4.78, 5) is 12.2. The van der Waals surface area contributed by atoms with Crippen LogP contribution in [-0.2, 0) is 12.8 Å². The molecule has 1 aliphatic carbocycles. The van der Waals surface area contributed by atoms with E-state index >= 15 is 0 Å². The zero-order chi connectivity index (χ0) is 11.7. The molecule has 1 aliphatic rings. The molecule has 3 nitrogen and oxygen atoms in total. The van der Waals surface area contributed by atoms with Gasteiger partial charge in [-0.05, 0) is 25.7 Å². The highest BCUT2D eigenvalue weighted by Gasteiger charge is 2.24. The molecule has 0 saturated carbocycles. The first kappa shape index (κ1) is 10.3. The molecular weight excluding hydrogens is 214 g/mol. The molecule has 0 spiro atoms. The topological polar surface area (TPSA) is 43.1 Å². The molecule has 0 radical (unpaired) electrons. The number of hydrogen-bond acceptors (Lipinski definition) is 3. The van der Waals surface area contributed by atoms with Crippen LogP contribution in [0.4, 0.5) is 0 Å². The second-order valence-corrected chi connectivity index (χ2v) is 4.34. The van der Waals surface area contributed by atoms with Crippen LogP contribution in [-0.4, -0.2) is 10.9 Å². The highest BCUT2D eigenvalue weighted by Crippen LogP contribution is 2.25. The third kappa shape index (κ3) is 1.78. The molecule has 1 aromatic carbocycles. The lowest BCUT2D eigenvalue weighted by atomic mass is 9.94. The Labute approximate surface area is 99.4 Å². The Bertz CT molecular complexity index is 543. The average Bonchev–Trinajstić information content (AvgIpc) is 2.83. The van der Waals surface area contributed by atoms with E-state index in [1.54, 1.807) is 12.1 Å². The van der Waals surface area contributed by atoms with Gasteiger partial charge in [0.1, 0.15) is 0 Å². The van der Waals surface area contributed by atoms with E-state index in [9.17, 15) is 4.79 Å². The first-order valence-electron chi connectivity index (χ1n) is 5.93. The molecule has 2 aromatic rings. The van der Waals surface area contributed by atoms with Crippen molar-refractivity contribution < 1.29 is 9.32 Å². The van der Waals surface area contributed by atoms with E-state index in [4.69, 9.17) is 4.52 Å². The van der Waals surface area contributed by atoms with Gasteiger partial charge in [0.15, 0.2) is 0 Å². The molecule has 0 fully saturated rings. The summed E-state index contributed by atoms with van der Waals surface area (Å²) < 4.78 is 5.23. The SMILES string of the molecule is O=C(c1ccccc1)c1onc2c1CCCC2. The highest BCUT2D eigenvalue weighted by molar-refractivity contribution is 6.08. The van der Waals surface area contributed by atoms with Crippen molar-refractivity contribution in [3.8, 4) is 0 Å². The number of benzene rings is 1. The lowest BCUT2D eigenvalue weighted by Gasteiger charge is -2.08. The number of fused-ring (bicyclic) bond motifs is 1. The Morgan fingerprint density at radius 1 is 1.12 bits per heavy atom. The lowest BCUT2D eigenvalue weighted by molar-refractivity contribution is 0.0999. The van der Waals surface area contributed by atoms with Crippen LogP contribution in [0.15, 0.2) is 34.9 Å². The molecule has 0 N–H and O–H groups in total. The number of aromatic nitrogens is 1. The Balaban J connectivity index is 2.00. The zero-order valence-electron chi connectivity index (χ0n) is 9.48. The van der Waals surface area contributed by atoms with E-state index < -0.39 is 0 Å². The van der Waals surface area contributed by atoms with Gasteiger partial charge in [-0.3, -0.25) is 4.79 Å². The minimum absolute atomic E-state index is 0.0544. The Morgan fingerprint density at radius 3 is 2.71 bits per heavy atom. The number of nitrogens with zero attached hydrogens (tertiary/aromatic N) is 1. The third-order valence-corrected chi connectivity index (χ3v) is 3.20. The molecule has 3 rings (SSSR count). The van der Waals surface area contributed by atoms with Crippen LogP contribution in [0, 0.1) is 0 Å². The molecule has 0 amide bonds. The van der Waals surface area contributed by atoms with Crippen molar-refractivity contribution in [1.29, 1.82) is 0 Å². The van der Waals surface area contributed by atoms with Crippen molar-refractivity contribution in [2.45, 2.75) is 25.7 Å². The van der Waals surface area contributed by atoms with Crippen LogP contribution in [0.25, 0.3) is 0 Å². The minimum atomic E-state index is -0.0544. The molecular formula is C14H13NO2. The average molecular weight is 227 g/mol. The van der Waals surface area contributed by atoms with Gasteiger partial charge in [-0.2, -0.15) is 0 Å². The monoisotopic (exact) mass is 227 g/mol. The smallest absolute Gasteiger partial charge is 0.231 e. The molecule has 3 heteroatoms. The third-order valence-electron chi connectivity index (χ3n) is 3.20. The van der Waals surface area contributed by atoms with Crippen LogP contribution in [0.5, 0.6) is 0 Å². The van der Waals surface area contributed by atoms with Crippen LogP contribution in [0.3, 0.4) is 0 Å². The minimum Gasteiger partial charge on any atom is -0.352 e. The summed E-state index contributed by atoms with van der Waals surface area (Å²) in [5.41, 5.74) is 2.65. The lowest BCUT2D eigenvalue weighted by Crippen LogP contribution is -2.07. The normalized spacial score (nSPS) is 14.4. The van der Waals surface area contributed by atoms with Gasteiger partial charge < -0.3 is 4.52 Å². The molecule has 1 heterocycles. The summed E-state index contributed by atoms with van der Waals surface area (Å²) in [6, 6.07) is 9.22. The number of aryl methyl sites for hydroxylation is 1. The van der Waals surface area contributed by atoms with Gasteiger partial charge in [-0.15, -0.1) is 0 Å².